The van der Waals surface area contributed by atoms with Crippen molar-refractivity contribution in [2.75, 3.05) is 90.6 Å². The van der Waals surface area contributed by atoms with Gasteiger partial charge in [-0.3, -0.25) is 38.4 Å². The molecule has 0 heterocycles. The van der Waals surface area contributed by atoms with Gasteiger partial charge in [-0.1, -0.05) is 45.4 Å². The molecule has 20 nitrogen and oxygen atoms in total. The van der Waals surface area contributed by atoms with Crippen LogP contribution in [0.1, 0.15) is 117 Å². The van der Waals surface area contributed by atoms with Crippen LogP contribution in [0.25, 0.3) is 0 Å². The largest absolute Gasteiger partial charge is 0.481 e. The molecule has 0 unspecified atom stereocenters. The van der Waals surface area contributed by atoms with Gasteiger partial charge in [-0.15, -0.1) is 0 Å². The Morgan fingerprint density at radius 2 is 1.11 bits per heavy atom. The zero-order valence-electron chi connectivity index (χ0n) is 38.5. The van der Waals surface area contributed by atoms with E-state index in [0.717, 1.165) is 38.5 Å². The fourth-order valence-electron chi connectivity index (χ4n) is 6.02. The number of amides is 4. The van der Waals surface area contributed by atoms with E-state index in [0.29, 0.717) is 31.4 Å². The molecular weight excluding hydrogens is 873 g/mol. The predicted octanol–water partition coefficient (Wildman–Crippen LogP) is 2.00. The molecule has 0 aliphatic carbocycles. The van der Waals surface area contributed by atoms with Crippen molar-refractivity contribution in [2.24, 2.45) is 11.8 Å². The Morgan fingerprint density at radius 3 is 1.66 bits per heavy atom. The maximum absolute atomic E-state index is 12.5. The molecule has 0 saturated carbocycles. The number of nitrogens with one attached hydrogen (secondary N) is 4. The quantitative estimate of drug-likeness (QED) is 0.0430. The van der Waals surface area contributed by atoms with Crippen LogP contribution in [0.15, 0.2) is 0 Å². The van der Waals surface area contributed by atoms with E-state index in [1.807, 2.05) is 6.92 Å². The number of aliphatic carboxylic acids is 2. The summed E-state index contributed by atoms with van der Waals surface area (Å²) >= 11 is 1.31. The number of carboxylic acids is 2. The van der Waals surface area contributed by atoms with Gasteiger partial charge in [0.05, 0.1) is 45.4 Å². The highest BCUT2D eigenvalue weighted by Gasteiger charge is 2.24. The number of aliphatic hydroxyl groups is 1. The van der Waals surface area contributed by atoms with Gasteiger partial charge in [0.1, 0.15) is 36.6 Å². The molecule has 0 aromatic rings. The minimum atomic E-state index is -1.19. The minimum Gasteiger partial charge on any atom is -0.481 e. The summed E-state index contributed by atoms with van der Waals surface area (Å²) in [5.41, 5.74) is 0. The Kier molecular flexibility index (Phi) is 38.9. The number of hydrogen-bond acceptors (Lipinski definition) is 15. The van der Waals surface area contributed by atoms with E-state index < -0.39 is 23.9 Å². The zero-order chi connectivity index (χ0) is 48.5. The van der Waals surface area contributed by atoms with Crippen molar-refractivity contribution >= 4 is 64.7 Å². The summed E-state index contributed by atoms with van der Waals surface area (Å²) in [5.74, 6) is -4.17. The summed E-state index contributed by atoms with van der Waals surface area (Å²) in [6.07, 6.45) is 8.63. The lowest BCUT2D eigenvalue weighted by molar-refractivity contribution is -0.142. The molecule has 3 atom stereocenters. The van der Waals surface area contributed by atoms with Crippen LogP contribution in [0.3, 0.4) is 0 Å². The van der Waals surface area contributed by atoms with Crippen LogP contribution in [-0.4, -0.2) is 165 Å². The molecule has 0 fully saturated rings. The second kappa shape index (κ2) is 41.4. The number of ether oxygens (including phenoxy) is 4. The van der Waals surface area contributed by atoms with Gasteiger partial charge in [0.2, 0.25) is 23.6 Å². The lowest BCUT2D eigenvalue weighted by Crippen LogP contribution is -2.41. The number of carbonyl (C=O) groups is 9. The maximum Gasteiger partial charge on any atom is 0.326 e. The standard InChI is InChI=1S/C44H76N4O16S/c1-3-34(38(52)27-35(28-49)33(2)50)31-65-32-42(56)46-19-18-45-40(54)29-64-26-24-62-22-20-47-41(55)30-63-25-23-61-21-12-13-36(51)16-17-37(44(59)60)48-39(53)14-10-8-6-4-5-7-9-11-15-43(57)58/h34-35,37,49H,3-32H2,1-2H3,(H,45,54)(H,46,56)(H,47,55)(H,48,53)(H,57,58)(H,59,60)/t34-,35-,37-/m0/s1. The fraction of sp³-hybridized carbons (Fsp3) is 0.795. The molecule has 0 aliphatic rings. The molecule has 0 aromatic carbocycles. The third kappa shape index (κ3) is 37.9. The molecule has 0 radical (unpaired) electrons. The van der Waals surface area contributed by atoms with Gasteiger partial charge < -0.3 is 55.5 Å². The van der Waals surface area contributed by atoms with Gasteiger partial charge in [0, 0.05) is 75.9 Å². The highest BCUT2D eigenvalue weighted by molar-refractivity contribution is 7.99. The first-order valence-corrected chi connectivity index (χ1v) is 23.9. The van der Waals surface area contributed by atoms with Crippen molar-refractivity contribution in [1.82, 2.24) is 21.3 Å². The number of thioether (sulfide) groups is 1. The van der Waals surface area contributed by atoms with Crippen molar-refractivity contribution in [2.45, 2.75) is 123 Å². The van der Waals surface area contributed by atoms with Crippen LogP contribution in [-0.2, 0) is 62.1 Å². The maximum atomic E-state index is 12.5. The summed E-state index contributed by atoms with van der Waals surface area (Å²) in [7, 11) is 0. The third-order valence-corrected chi connectivity index (χ3v) is 11.0. The van der Waals surface area contributed by atoms with Gasteiger partial charge in [0.25, 0.3) is 0 Å². The van der Waals surface area contributed by atoms with Gasteiger partial charge in [-0.25, -0.2) is 4.79 Å². The van der Waals surface area contributed by atoms with Gasteiger partial charge in [-0.2, -0.15) is 11.8 Å². The number of ketones is 3. The van der Waals surface area contributed by atoms with Crippen molar-refractivity contribution in [3.8, 4) is 0 Å². The summed E-state index contributed by atoms with van der Waals surface area (Å²) in [6, 6.07) is -1.14. The Bertz CT molecular complexity index is 1400. The molecule has 0 aliphatic heterocycles. The molecule has 0 saturated heterocycles. The highest BCUT2D eigenvalue weighted by atomic mass is 32.2. The molecule has 374 valence electrons. The smallest absolute Gasteiger partial charge is 0.326 e. The first-order chi connectivity index (χ1) is 31.2. The third-order valence-electron chi connectivity index (χ3n) is 9.93. The lowest BCUT2D eigenvalue weighted by Gasteiger charge is -2.16. The molecule has 4 amide bonds. The van der Waals surface area contributed by atoms with E-state index in [1.165, 1.54) is 18.7 Å². The van der Waals surface area contributed by atoms with Crippen LogP contribution >= 0.6 is 11.8 Å². The summed E-state index contributed by atoms with van der Waals surface area (Å²) < 4.78 is 21.4. The lowest BCUT2D eigenvalue weighted by atomic mass is 9.92. The normalized spacial score (nSPS) is 12.4. The van der Waals surface area contributed by atoms with Crippen LogP contribution in [0.4, 0.5) is 0 Å². The number of unbranched alkanes of at least 4 members (excludes halogenated alkanes) is 7. The first-order valence-electron chi connectivity index (χ1n) is 22.8. The van der Waals surface area contributed by atoms with Gasteiger partial charge >= 0.3 is 11.9 Å². The number of hydrogen-bond donors (Lipinski definition) is 7. The monoisotopic (exact) mass is 948 g/mol. The first kappa shape index (κ1) is 61.0. The van der Waals surface area contributed by atoms with E-state index in [2.05, 4.69) is 21.3 Å². The summed E-state index contributed by atoms with van der Waals surface area (Å²) in [4.78, 5) is 107. The Balaban J connectivity index is 3.75. The molecular formula is C44H76N4O16S. The van der Waals surface area contributed by atoms with E-state index >= 15 is 0 Å². The average Bonchev–Trinajstić information content (AvgIpc) is 3.26. The number of carbonyl (C=O) groups excluding carboxylic acids is 7. The Hall–Kier alpha value is -4.02. The van der Waals surface area contributed by atoms with E-state index in [4.69, 9.17) is 24.1 Å². The van der Waals surface area contributed by atoms with Gasteiger partial charge in [-0.05, 0) is 39.0 Å². The van der Waals surface area contributed by atoms with Crippen molar-refractivity contribution < 1.29 is 77.4 Å². The number of Topliss-reactive ketones (excluding diaryl/α,β-unsaturated/α-hetero) is 3. The number of aliphatic hydroxyl groups excluding tert-OH is 1. The molecule has 65 heavy (non-hydrogen) atoms. The van der Waals surface area contributed by atoms with Crippen LogP contribution in [0, 0.1) is 11.8 Å². The van der Waals surface area contributed by atoms with Crippen molar-refractivity contribution in [3.05, 3.63) is 0 Å². The molecule has 0 aromatic heterocycles. The summed E-state index contributed by atoms with van der Waals surface area (Å²) in [5, 5.41) is 37.9. The molecule has 0 spiro atoms. The van der Waals surface area contributed by atoms with Crippen molar-refractivity contribution in [1.29, 1.82) is 0 Å². The Labute approximate surface area is 387 Å². The predicted molar refractivity (Wildman–Crippen MR) is 241 cm³/mol. The zero-order valence-corrected chi connectivity index (χ0v) is 39.3. The van der Waals surface area contributed by atoms with Crippen LogP contribution < -0.4 is 21.3 Å². The molecule has 21 heteroatoms. The van der Waals surface area contributed by atoms with E-state index in [9.17, 15) is 53.4 Å². The topological polar surface area (TPSA) is 299 Å². The second-order valence-corrected chi connectivity index (χ2v) is 16.6. The SMILES string of the molecule is CC[C@@H](CSCC(=O)NCCNC(=O)COCCOCCNC(=O)COCCOCCCC(=O)CC[C@H](NC(=O)CCCCCCCCCCC(=O)O)C(=O)O)C(=O)C[C@@H](CO)C(C)=O. The van der Waals surface area contributed by atoms with Crippen molar-refractivity contribution in [3.63, 3.8) is 0 Å². The fourth-order valence-corrected chi connectivity index (χ4v) is 7.13. The van der Waals surface area contributed by atoms with Gasteiger partial charge in [0.15, 0.2) is 0 Å². The molecule has 7 N–H and O–H groups in total. The molecule has 0 bridgehead atoms. The van der Waals surface area contributed by atoms with E-state index in [-0.39, 0.29) is 170 Å². The minimum absolute atomic E-state index is 0.00273. The molecule has 0 rings (SSSR count). The Morgan fingerprint density at radius 1 is 0.569 bits per heavy atom. The highest BCUT2D eigenvalue weighted by Crippen LogP contribution is 2.18. The number of carboxylic acid groups (broad SMARTS) is 2. The summed E-state index contributed by atoms with van der Waals surface area (Å²) in [6.45, 7) is 4.34. The van der Waals surface area contributed by atoms with E-state index in [1.54, 1.807) is 0 Å². The second-order valence-electron chi connectivity index (χ2n) is 15.5. The van der Waals surface area contributed by atoms with Crippen LogP contribution in [0.2, 0.25) is 0 Å². The average molecular weight is 949 g/mol. The van der Waals surface area contributed by atoms with Crippen LogP contribution in [0.5, 0.6) is 0 Å². The number of rotatable bonds is 46.